The second-order valence-electron chi connectivity index (χ2n) is 2.34. The highest BCUT2D eigenvalue weighted by Crippen LogP contribution is 1.95. The van der Waals surface area contributed by atoms with Gasteiger partial charge in [-0.1, -0.05) is 0 Å². The van der Waals surface area contributed by atoms with E-state index in [4.69, 9.17) is 0 Å². The van der Waals surface area contributed by atoms with Gasteiger partial charge in [-0.05, 0) is 14.1 Å². The van der Waals surface area contributed by atoms with Gasteiger partial charge in [0.1, 0.15) is 0 Å². The Morgan fingerprint density at radius 2 is 2.44 bits per heavy atom. The van der Waals surface area contributed by atoms with E-state index >= 15 is 0 Å². The van der Waals surface area contributed by atoms with Gasteiger partial charge in [0.15, 0.2) is 0 Å². The summed E-state index contributed by atoms with van der Waals surface area (Å²) < 4.78 is 0. The van der Waals surface area contributed by atoms with Gasteiger partial charge in [0, 0.05) is 18.3 Å². The largest absolute Gasteiger partial charge is 0.305 e. The fourth-order valence-electron chi connectivity index (χ4n) is 0.729. The van der Waals surface area contributed by atoms with Crippen molar-refractivity contribution in [3.05, 3.63) is 18.0 Å². The summed E-state index contributed by atoms with van der Waals surface area (Å²) in [6, 6.07) is 0. The van der Waals surface area contributed by atoms with Gasteiger partial charge in [0.25, 0.3) is 0 Å². The lowest BCUT2D eigenvalue weighted by Crippen LogP contribution is -2.09. The molecule has 0 spiro atoms. The SMILES string of the molecule is CN(C)Cc1cn[nH]c1. The summed E-state index contributed by atoms with van der Waals surface area (Å²) in [6.45, 7) is 0.955. The summed E-state index contributed by atoms with van der Waals surface area (Å²) in [5.74, 6) is 0. The summed E-state index contributed by atoms with van der Waals surface area (Å²) >= 11 is 0. The first-order chi connectivity index (χ1) is 4.29. The predicted octanol–water partition coefficient (Wildman–Crippen LogP) is 0.471. The molecule has 1 heterocycles. The minimum Gasteiger partial charge on any atom is -0.305 e. The molecule has 3 heteroatoms. The highest BCUT2D eigenvalue weighted by Gasteiger charge is 1.92. The summed E-state index contributed by atoms with van der Waals surface area (Å²) in [4.78, 5) is 2.10. The molecule has 0 saturated carbocycles. The molecule has 0 aliphatic heterocycles. The van der Waals surface area contributed by atoms with Crippen LogP contribution < -0.4 is 0 Å². The third-order valence-electron chi connectivity index (χ3n) is 1.05. The number of hydrogen-bond acceptors (Lipinski definition) is 2. The molecule has 1 rings (SSSR count). The lowest BCUT2D eigenvalue weighted by atomic mass is 10.3. The van der Waals surface area contributed by atoms with Crippen LogP contribution in [0.1, 0.15) is 5.56 Å². The average molecular weight is 125 g/mol. The van der Waals surface area contributed by atoms with Gasteiger partial charge in [-0.2, -0.15) is 5.10 Å². The van der Waals surface area contributed by atoms with E-state index in [0.29, 0.717) is 0 Å². The van der Waals surface area contributed by atoms with E-state index in [1.165, 1.54) is 5.56 Å². The number of hydrogen-bond donors (Lipinski definition) is 1. The van der Waals surface area contributed by atoms with Crippen LogP contribution >= 0.6 is 0 Å². The van der Waals surface area contributed by atoms with Crippen LogP contribution in [0.5, 0.6) is 0 Å². The molecule has 0 fully saturated rings. The zero-order chi connectivity index (χ0) is 6.69. The van der Waals surface area contributed by atoms with Gasteiger partial charge in [0.05, 0.1) is 6.20 Å². The number of nitrogens with one attached hydrogen (secondary N) is 1. The molecule has 0 radical (unpaired) electrons. The molecule has 9 heavy (non-hydrogen) atoms. The molecule has 1 aromatic rings. The van der Waals surface area contributed by atoms with Crippen molar-refractivity contribution in [2.24, 2.45) is 0 Å². The van der Waals surface area contributed by atoms with Crippen molar-refractivity contribution >= 4 is 0 Å². The van der Waals surface area contributed by atoms with E-state index < -0.39 is 0 Å². The summed E-state index contributed by atoms with van der Waals surface area (Å²) in [6.07, 6.45) is 3.74. The minimum atomic E-state index is 0.955. The quantitative estimate of drug-likeness (QED) is 0.623. The number of aromatic amines is 1. The van der Waals surface area contributed by atoms with Crippen molar-refractivity contribution in [2.75, 3.05) is 14.1 Å². The fourth-order valence-corrected chi connectivity index (χ4v) is 0.729. The molecule has 1 aromatic heterocycles. The van der Waals surface area contributed by atoms with Crippen LogP contribution in [0.15, 0.2) is 12.4 Å². The standard InChI is InChI=1S/C6H11N3/c1-9(2)5-6-3-7-8-4-6/h3-4H,5H2,1-2H3,(H,7,8). The Kier molecular flexibility index (Phi) is 1.85. The first kappa shape index (κ1) is 6.29. The van der Waals surface area contributed by atoms with E-state index in [9.17, 15) is 0 Å². The van der Waals surface area contributed by atoms with Crippen molar-refractivity contribution in [1.29, 1.82) is 0 Å². The molecule has 0 unspecified atom stereocenters. The lowest BCUT2D eigenvalue weighted by molar-refractivity contribution is 0.402. The van der Waals surface area contributed by atoms with E-state index in [1.807, 2.05) is 26.5 Å². The molecule has 0 aliphatic rings. The number of nitrogens with zero attached hydrogens (tertiary/aromatic N) is 2. The zero-order valence-electron chi connectivity index (χ0n) is 5.76. The second kappa shape index (κ2) is 2.64. The van der Waals surface area contributed by atoms with E-state index in [2.05, 4.69) is 15.1 Å². The third kappa shape index (κ3) is 1.85. The summed E-state index contributed by atoms with van der Waals surface area (Å²) in [5.41, 5.74) is 1.22. The Hall–Kier alpha value is -0.830. The number of rotatable bonds is 2. The van der Waals surface area contributed by atoms with Crippen LogP contribution in [-0.2, 0) is 6.54 Å². The molecule has 1 N–H and O–H groups in total. The maximum absolute atomic E-state index is 3.82. The number of H-pyrrole nitrogens is 1. The van der Waals surface area contributed by atoms with Crippen LogP contribution in [0, 0.1) is 0 Å². The Balaban J connectivity index is 2.48. The average Bonchev–Trinajstić information content (AvgIpc) is 2.15. The molecular weight excluding hydrogens is 114 g/mol. The van der Waals surface area contributed by atoms with Gasteiger partial charge < -0.3 is 4.90 Å². The molecule has 50 valence electrons. The topological polar surface area (TPSA) is 31.9 Å². The summed E-state index contributed by atoms with van der Waals surface area (Å²) in [7, 11) is 4.07. The monoisotopic (exact) mass is 125 g/mol. The maximum Gasteiger partial charge on any atom is 0.0532 e. The minimum absolute atomic E-state index is 0.955. The third-order valence-corrected chi connectivity index (χ3v) is 1.05. The van der Waals surface area contributed by atoms with Crippen molar-refractivity contribution in [2.45, 2.75) is 6.54 Å². The lowest BCUT2D eigenvalue weighted by Gasteiger charge is -2.05. The maximum atomic E-state index is 3.82. The van der Waals surface area contributed by atoms with E-state index in [0.717, 1.165) is 6.54 Å². The molecule has 0 aromatic carbocycles. The van der Waals surface area contributed by atoms with Crippen molar-refractivity contribution in [3.8, 4) is 0 Å². The van der Waals surface area contributed by atoms with Crippen LogP contribution in [-0.4, -0.2) is 29.2 Å². The van der Waals surface area contributed by atoms with Crippen molar-refractivity contribution in [1.82, 2.24) is 15.1 Å². The Morgan fingerprint density at radius 3 is 2.89 bits per heavy atom. The predicted molar refractivity (Wildman–Crippen MR) is 36.0 cm³/mol. The van der Waals surface area contributed by atoms with Gasteiger partial charge >= 0.3 is 0 Å². The molecule has 0 bridgehead atoms. The van der Waals surface area contributed by atoms with Crippen LogP contribution in [0.4, 0.5) is 0 Å². The highest BCUT2D eigenvalue weighted by molar-refractivity contribution is 5.01. The summed E-state index contributed by atoms with van der Waals surface area (Å²) in [5, 5.41) is 6.58. The van der Waals surface area contributed by atoms with Crippen molar-refractivity contribution < 1.29 is 0 Å². The second-order valence-corrected chi connectivity index (χ2v) is 2.34. The molecule has 0 aliphatic carbocycles. The first-order valence-corrected chi connectivity index (χ1v) is 2.91. The number of aromatic nitrogens is 2. The first-order valence-electron chi connectivity index (χ1n) is 2.91. The van der Waals surface area contributed by atoms with Gasteiger partial charge in [-0.25, -0.2) is 0 Å². The Labute approximate surface area is 54.7 Å². The zero-order valence-corrected chi connectivity index (χ0v) is 5.76. The van der Waals surface area contributed by atoms with Gasteiger partial charge in [-0.15, -0.1) is 0 Å². The van der Waals surface area contributed by atoms with E-state index in [1.54, 1.807) is 0 Å². The van der Waals surface area contributed by atoms with E-state index in [-0.39, 0.29) is 0 Å². The molecule has 0 saturated heterocycles. The molecule has 3 nitrogen and oxygen atoms in total. The Morgan fingerprint density at radius 1 is 1.67 bits per heavy atom. The molecule has 0 atom stereocenters. The van der Waals surface area contributed by atoms with Crippen molar-refractivity contribution in [3.63, 3.8) is 0 Å². The van der Waals surface area contributed by atoms with Crippen LogP contribution in [0.25, 0.3) is 0 Å². The van der Waals surface area contributed by atoms with Crippen LogP contribution in [0.2, 0.25) is 0 Å². The smallest absolute Gasteiger partial charge is 0.0532 e. The van der Waals surface area contributed by atoms with Gasteiger partial charge in [0.2, 0.25) is 0 Å². The Bertz CT molecular complexity index is 155. The van der Waals surface area contributed by atoms with Crippen LogP contribution in [0.3, 0.4) is 0 Å². The van der Waals surface area contributed by atoms with Gasteiger partial charge in [-0.3, -0.25) is 5.10 Å². The fraction of sp³-hybridized carbons (Fsp3) is 0.500. The molecule has 0 amide bonds. The highest BCUT2D eigenvalue weighted by atomic mass is 15.1. The molecular formula is C6H11N3. The normalized spacial score (nSPS) is 10.6.